The summed E-state index contributed by atoms with van der Waals surface area (Å²) >= 11 is 0. The number of hydrogen-bond acceptors (Lipinski definition) is 8. The number of alkyl carbamates (subject to hydrolysis) is 1. The summed E-state index contributed by atoms with van der Waals surface area (Å²) in [4.78, 5) is 79.1. The summed E-state index contributed by atoms with van der Waals surface area (Å²) < 4.78 is 11.6. The van der Waals surface area contributed by atoms with Crippen LogP contribution in [-0.4, -0.2) is 84.4 Å². The van der Waals surface area contributed by atoms with Gasteiger partial charge in [0.25, 0.3) is 0 Å². The third-order valence-electron chi connectivity index (χ3n) is 9.32. The van der Waals surface area contributed by atoms with E-state index in [1.165, 1.54) is 11.8 Å². The third kappa shape index (κ3) is 12.4. The monoisotopic (exact) mass is 764 g/mol. The van der Waals surface area contributed by atoms with Gasteiger partial charge in [-0.2, -0.15) is 0 Å². The van der Waals surface area contributed by atoms with Crippen molar-refractivity contribution in [2.45, 2.75) is 70.1 Å². The Bertz CT molecular complexity index is 1980. The van der Waals surface area contributed by atoms with Crippen LogP contribution in [0.15, 0.2) is 103 Å². The number of fused-ring (bicyclic) bond motifs is 1. The first-order valence-corrected chi connectivity index (χ1v) is 18.6. The highest BCUT2D eigenvalue weighted by Crippen LogP contribution is 2.25. The molecular weight excluding hydrogens is 716 g/mol. The summed E-state index contributed by atoms with van der Waals surface area (Å²) in [6.07, 6.45) is -1.15. The number of carbonyl (C=O) groups excluding carboxylic acids is 6. The maximum atomic E-state index is 14.5. The van der Waals surface area contributed by atoms with Crippen LogP contribution in [0.3, 0.4) is 0 Å². The lowest BCUT2D eigenvalue weighted by Gasteiger charge is -2.30. The first-order chi connectivity index (χ1) is 27.0. The molecule has 1 fully saturated rings. The van der Waals surface area contributed by atoms with Gasteiger partial charge in [-0.05, 0) is 39.9 Å². The van der Waals surface area contributed by atoms with Gasteiger partial charge in [0.2, 0.25) is 29.5 Å². The van der Waals surface area contributed by atoms with E-state index in [-0.39, 0.29) is 58.5 Å². The van der Waals surface area contributed by atoms with Crippen LogP contribution in [0, 0.1) is 0 Å². The number of nitrogens with one attached hydrogen (secondary N) is 4. The SMILES string of the molecule is CC(=O)N[C@H](CCC(N)=O)C(=O)N[C@H](Cc1ccccc1)C(=O)N1C[C@H](OCc2ccc3ccccc3c2)C[C@@H]1C(=O)NCCNC(=O)OCc1ccccc1. The normalized spacial score (nSPS) is 16.0. The largest absolute Gasteiger partial charge is 0.445 e. The molecule has 0 unspecified atom stereocenters. The molecule has 0 spiro atoms. The topological polar surface area (TPSA) is 198 Å². The standard InChI is InChI=1S/C42H48N6O8/c1-28(49)46-35(18-19-38(43)50)39(51)47-36(23-29-10-4-2-5-11-29)41(53)48-25-34(55-27-31-16-17-32-14-8-9-15-33(32)22-31)24-37(48)40(52)44-20-21-45-42(54)56-26-30-12-6-3-7-13-30/h2-17,22,34-37H,18-21,23-27H2,1H3,(H2,43,50)(H,44,52)(H,45,54)(H,46,49)(H,47,51)/t34-,35-,36-,37-/m1/s1. The number of likely N-dealkylation sites (tertiary alicyclic amines) is 1. The van der Waals surface area contributed by atoms with Gasteiger partial charge in [0.05, 0.1) is 12.7 Å². The van der Waals surface area contributed by atoms with Crippen LogP contribution in [0.5, 0.6) is 0 Å². The molecular formula is C42H48N6O8. The summed E-state index contributed by atoms with van der Waals surface area (Å²) in [7, 11) is 0. The number of nitrogens with two attached hydrogens (primary N) is 1. The smallest absolute Gasteiger partial charge is 0.407 e. The van der Waals surface area contributed by atoms with Crippen LogP contribution in [-0.2, 0) is 53.1 Å². The lowest BCUT2D eigenvalue weighted by Crippen LogP contribution is -2.57. The molecule has 6 amide bonds. The Balaban J connectivity index is 1.30. The average molecular weight is 765 g/mol. The maximum Gasteiger partial charge on any atom is 0.407 e. The van der Waals surface area contributed by atoms with E-state index < -0.39 is 59.9 Å². The van der Waals surface area contributed by atoms with Crippen LogP contribution in [0.1, 0.15) is 42.9 Å². The van der Waals surface area contributed by atoms with E-state index >= 15 is 0 Å². The molecule has 1 saturated heterocycles. The van der Waals surface area contributed by atoms with Crippen molar-refractivity contribution >= 4 is 46.4 Å². The number of primary amides is 1. The van der Waals surface area contributed by atoms with Gasteiger partial charge in [-0.15, -0.1) is 0 Å². The van der Waals surface area contributed by atoms with E-state index in [2.05, 4.69) is 21.3 Å². The van der Waals surface area contributed by atoms with Crippen molar-refractivity contribution in [2.24, 2.45) is 5.73 Å². The Hall–Kier alpha value is -6.28. The van der Waals surface area contributed by atoms with Crippen LogP contribution < -0.4 is 27.0 Å². The number of nitrogens with zero attached hydrogens (tertiary/aromatic N) is 1. The zero-order valence-electron chi connectivity index (χ0n) is 31.3. The van der Waals surface area contributed by atoms with Crippen molar-refractivity contribution in [3.05, 3.63) is 120 Å². The zero-order chi connectivity index (χ0) is 39.9. The van der Waals surface area contributed by atoms with Crippen molar-refractivity contribution in [2.75, 3.05) is 19.6 Å². The van der Waals surface area contributed by atoms with E-state index in [4.69, 9.17) is 15.2 Å². The fourth-order valence-corrected chi connectivity index (χ4v) is 6.52. The number of hydrogen-bond donors (Lipinski definition) is 5. The molecule has 1 aliphatic heterocycles. The highest BCUT2D eigenvalue weighted by molar-refractivity contribution is 5.95. The Labute approximate surface area is 325 Å². The number of ether oxygens (including phenoxy) is 2. The molecule has 14 nitrogen and oxygen atoms in total. The van der Waals surface area contributed by atoms with E-state index in [0.29, 0.717) is 0 Å². The molecule has 1 heterocycles. The molecule has 0 bridgehead atoms. The van der Waals surface area contributed by atoms with E-state index in [1.807, 2.05) is 91.0 Å². The van der Waals surface area contributed by atoms with Crippen LogP contribution >= 0.6 is 0 Å². The molecule has 294 valence electrons. The number of carbonyl (C=O) groups is 6. The second-order valence-electron chi connectivity index (χ2n) is 13.6. The minimum absolute atomic E-state index is 0.0584. The third-order valence-corrected chi connectivity index (χ3v) is 9.32. The Morgan fingerprint density at radius 2 is 1.41 bits per heavy atom. The molecule has 4 aromatic carbocycles. The van der Waals surface area contributed by atoms with Gasteiger partial charge < -0.3 is 41.4 Å². The highest BCUT2D eigenvalue weighted by Gasteiger charge is 2.43. The summed E-state index contributed by atoms with van der Waals surface area (Å²) in [5, 5.41) is 12.9. The average Bonchev–Trinajstić information content (AvgIpc) is 3.64. The van der Waals surface area contributed by atoms with Gasteiger partial charge in [0.15, 0.2) is 0 Å². The lowest BCUT2D eigenvalue weighted by atomic mass is 10.0. The second-order valence-corrected chi connectivity index (χ2v) is 13.6. The van der Waals surface area contributed by atoms with Crippen molar-refractivity contribution in [1.29, 1.82) is 0 Å². The summed E-state index contributed by atoms with van der Waals surface area (Å²) in [5.41, 5.74) is 7.82. The molecule has 14 heteroatoms. The number of benzene rings is 4. The number of rotatable bonds is 18. The molecule has 0 radical (unpaired) electrons. The van der Waals surface area contributed by atoms with Gasteiger partial charge in [-0.1, -0.05) is 97.1 Å². The van der Waals surface area contributed by atoms with Gasteiger partial charge in [0.1, 0.15) is 24.7 Å². The highest BCUT2D eigenvalue weighted by atomic mass is 16.5. The lowest BCUT2D eigenvalue weighted by molar-refractivity contribution is -0.142. The minimum atomic E-state index is -1.15. The van der Waals surface area contributed by atoms with Crippen LogP contribution in [0.4, 0.5) is 4.79 Å². The summed E-state index contributed by atoms with van der Waals surface area (Å²) in [6, 6.07) is 29.0. The fraction of sp³-hybridized carbons (Fsp3) is 0.333. The van der Waals surface area contributed by atoms with Gasteiger partial charge >= 0.3 is 6.09 Å². The minimum Gasteiger partial charge on any atom is -0.445 e. The van der Waals surface area contributed by atoms with E-state index in [9.17, 15) is 28.8 Å². The predicted molar refractivity (Wildman–Crippen MR) is 208 cm³/mol. The van der Waals surface area contributed by atoms with Gasteiger partial charge in [-0.3, -0.25) is 24.0 Å². The molecule has 6 N–H and O–H groups in total. The van der Waals surface area contributed by atoms with Crippen LogP contribution in [0.25, 0.3) is 10.8 Å². The zero-order valence-corrected chi connectivity index (χ0v) is 31.3. The van der Waals surface area contributed by atoms with Gasteiger partial charge in [-0.25, -0.2) is 4.79 Å². The summed E-state index contributed by atoms with van der Waals surface area (Å²) in [6.45, 7) is 1.77. The Morgan fingerprint density at radius 1 is 0.750 bits per heavy atom. The first-order valence-electron chi connectivity index (χ1n) is 18.6. The van der Waals surface area contributed by atoms with E-state index in [0.717, 1.165) is 27.5 Å². The Morgan fingerprint density at radius 3 is 2.11 bits per heavy atom. The first kappa shape index (κ1) is 40.9. The van der Waals surface area contributed by atoms with Crippen molar-refractivity contribution in [3.8, 4) is 0 Å². The predicted octanol–water partition coefficient (Wildman–Crippen LogP) is 2.87. The Kier molecular flexibility index (Phi) is 14.9. The molecule has 4 aromatic rings. The maximum absolute atomic E-state index is 14.5. The summed E-state index contributed by atoms with van der Waals surface area (Å²) in [5.74, 6) is -2.81. The van der Waals surface area contributed by atoms with Crippen molar-refractivity contribution in [3.63, 3.8) is 0 Å². The molecule has 0 saturated carbocycles. The number of amides is 6. The second kappa shape index (κ2) is 20.4. The van der Waals surface area contributed by atoms with Crippen molar-refractivity contribution in [1.82, 2.24) is 26.2 Å². The molecule has 4 atom stereocenters. The fourth-order valence-electron chi connectivity index (χ4n) is 6.52. The molecule has 0 aromatic heterocycles. The van der Waals surface area contributed by atoms with E-state index in [1.54, 1.807) is 12.1 Å². The molecule has 56 heavy (non-hydrogen) atoms. The molecule has 1 aliphatic rings. The molecule has 5 rings (SSSR count). The quantitative estimate of drug-likeness (QED) is 0.0954. The van der Waals surface area contributed by atoms with Crippen molar-refractivity contribution < 1.29 is 38.2 Å². The van der Waals surface area contributed by atoms with Crippen LogP contribution in [0.2, 0.25) is 0 Å². The molecule has 0 aliphatic carbocycles. The van der Waals surface area contributed by atoms with Gasteiger partial charge in [0, 0.05) is 45.8 Å².